The summed E-state index contributed by atoms with van der Waals surface area (Å²) in [5, 5.41) is 5.24. The molecule has 3 nitrogen and oxygen atoms in total. The summed E-state index contributed by atoms with van der Waals surface area (Å²) in [6, 6.07) is 12.3. The minimum atomic E-state index is 0.0779. The van der Waals surface area contributed by atoms with Gasteiger partial charge >= 0.3 is 0 Å². The maximum absolute atomic E-state index is 5.71. The molecule has 3 N–H and O–H groups in total. The van der Waals surface area contributed by atoms with Crippen molar-refractivity contribution in [1.82, 2.24) is 10.4 Å². The summed E-state index contributed by atoms with van der Waals surface area (Å²) in [5.41, 5.74) is 5.06. The number of aromatic nitrogens is 1. The number of benzene rings is 1. The molecule has 0 aliphatic rings. The molecular formula is C15H14BrN3S2. The summed E-state index contributed by atoms with van der Waals surface area (Å²) in [4.78, 5) is 5.92. The van der Waals surface area contributed by atoms with Crippen molar-refractivity contribution in [1.29, 1.82) is 0 Å². The first-order valence-corrected chi connectivity index (χ1v) is 9.02. The number of nitrogens with zero attached hydrogens (tertiary/aromatic N) is 1. The highest BCUT2D eigenvalue weighted by Crippen LogP contribution is 2.32. The second kappa shape index (κ2) is 6.81. The first kappa shape index (κ1) is 14.9. The zero-order valence-electron chi connectivity index (χ0n) is 11.1. The van der Waals surface area contributed by atoms with Gasteiger partial charge in [0, 0.05) is 26.7 Å². The van der Waals surface area contributed by atoms with Gasteiger partial charge in [0.05, 0.1) is 16.7 Å². The summed E-state index contributed by atoms with van der Waals surface area (Å²) >= 11 is 6.93. The van der Waals surface area contributed by atoms with Crippen molar-refractivity contribution < 1.29 is 0 Å². The van der Waals surface area contributed by atoms with Crippen LogP contribution in [0.5, 0.6) is 0 Å². The second-order valence-electron chi connectivity index (χ2n) is 4.55. The molecule has 21 heavy (non-hydrogen) atoms. The van der Waals surface area contributed by atoms with Gasteiger partial charge in [-0.1, -0.05) is 30.3 Å². The zero-order chi connectivity index (χ0) is 14.7. The van der Waals surface area contributed by atoms with Crippen molar-refractivity contribution >= 4 is 38.6 Å². The SMILES string of the molecule is NNC(Cc1nc(-c2ccccc2)cs1)c1sccc1Br. The van der Waals surface area contributed by atoms with Crippen LogP contribution < -0.4 is 11.3 Å². The Labute approximate surface area is 140 Å². The Hall–Kier alpha value is -1.05. The Bertz CT molecular complexity index is 709. The van der Waals surface area contributed by atoms with E-state index in [4.69, 9.17) is 10.8 Å². The van der Waals surface area contributed by atoms with Gasteiger partial charge in [0.25, 0.3) is 0 Å². The van der Waals surface area contributed by atoms with Crippen LogP contribution in [0.3, 0.4) is 0 Å². The minimum absolute atomic E-state index is 0.0779. The molecule has 2 aromatic heterocycles. The molecule has 0 bridgehead atoms. The molecule has 1 unspecified atom stereocenters. The van der Waals surface area contributed by atoms with Gasteiger partial charge in [0.15, 0.2) is 0 Å². The minimum Gasteiger partial charge on any atom is -0.271 e. The molecule has 0 aliphatic carbocycles. The average molecular weight is 380 g/mol. The van der Waals surface area contributed by atoms with Gasteiger partial charge in [-0.2, -0.15) is 0 Å². The van der Waals surface area contributed by atoms with E-state index in [9.17, 15) is 0 Å². The van der Waals surface area contributed by atoms with Gasteiger partial charge in [-0.3, -0.25) is 11.3 Å². The third-order valence-electron chi connectivity index (χ3n) is 3.16. The quantitative estimate of drug-likeness (QED) is 0.510. The Balaban J connectivity index is 1.79. The van der Waals surface area contributed by atoms with Crippen LogP contribution in [-0.2, 0) is 6.42 Å². The van der Waals surface area contributed by atoms with E-state index in [1.807, 2.05) is 24.3 Å². The smallest absolute Gasteiger partial charge is 0.0952 e. The van der Waals surface area contributed by atoms with Crippen LogP contribution in [0.15, 0.2) is 51.6 Å². The molecule has 0 aliphatic heterocycles. The lowest BCUT2D eigenvalue weighted by molar-refractivity contribution is 0.558. The molecule has 0 spiro atoms. The van der Waals surface area contributed by atoms with Crippen LogP contribution in [0, 0.1) is 0 Å². The Morgan fingerprint density at radius 2 is 2.00 bits per heavy atom. The summed E-state index contributed by atoms with van der Waals surface area (Å²) in [6.07, 6.45) is 0.785. The van der Waals surface area contributed by atoms with E-state index in [0.717, 1.165) is 27.2 Å². The number of hydrogen-bond acceptors (Lipinski definition) is 5. The first-order chi connectivity index (χ1) is 10.3. The highest BCUT2D eigenvalue weighted by atomic mass is 79.9. The van der Waals surface area contributed by atoms with Crippen LogP contribution in [-0.4, -0.2) is 4.98 Å². The molecule has 108 valence electrons. The topological polar surface area (TPSA) is 50.9 Å². The summed E-state index contributed by atoms with van der Waals surface area (Å²) in [6.45, 7) is 0. The Kier molecular flexibility index (Phi) is 4.82. The third-order valence-corrected chi connectivity index (χ3v) is 6.02. The number of rotatable bonds is 5. The molecule has 0 amide bonds. The lowest BCUT2D eigenvalue weighted by Gasteiger charge is -2.13. The standard InChI is InChI=1S/C15H14BrN3S2/c16-11-6-7-20-15(11)12(19-17)8-14-18-13(9-21-14)10-4-2-1-3-5-10/h1-7,9,12,19H,8,17H2. The number of nitrogens with two attached hydrogens (primary N) is 1. The van der Waals surface area contributed by atoms with E-state index in [1.54, 1.807) is 22.7 Å². The number of hydrogen-bond donors (Lipinski definition) is 2. The molecule has 0 saturated heterocycles. The van der Waals surface area contributed by atoms with Gasteiger partial charge in [-0.25, -0.2) is 4.98 Å². The molecular weight excluding hydrogens is 366 g/mol. The molecule has 0 radical (unpaired) electrons. The van der Waals surface area contributed by atoms with Crippen molar-refractivity contribution in [2.45, 2.75) is 12.5 Å². The third kappa shape index (κ3) is 3.41. The van der Waals surface area contributed by atoms with Gasteiger partial charge in [0.1, 0.15) is 0 Å². The summed E-state index contributed by atoms with van der Waals surface area (Å²) in [5.74, 6) is 5.71. The highest BCUT2D eigenvalue weighted by Gasteiger charge is 2.17. The predicted octanol–water partition coefficient (Wildman–Crippen LogP) is 4.38. The Morgan fingerprint density at radius 3 is 2.67 bits per heavy atom. The molecule has 6 heteroatoms. The number of thiophene rings is 1. The second-order valence-corrected chi connectivity index (χ2v) is 7.29. The molecule has 2 heterocycles. The van der Waals surface area contributed by atoms with E-state index in [2.05, 4.69) is 44.2 Å². The molecule has 3 rings (SSSR count). The van der Waals surface area contributed by atoms with E-state index in [1.165, 1.54) is 4.88 Å². The Morgan fingerprint density at radius 1 is 1.19 bits per heavy atom. The van der Waals surface area contributed by atoms with E-state index in [0.29, 0.717) is 0 Å². The van der Waals surface area contributed by atoms with E-state index >= 15 is 0 Å². The maximum Gasteiger partial charge on any atom is 0.0952 e. The van der Waals surface area contributed by atoms with Crippen LogP contribution in [0.2, 0.25) is 0 Å². The lowest BCUT2D eigenvalue weighted by Crippen LogP contribution is -2.29. The van der Waals surface area contributed by atoms with Crippen molar-refractivity contribution in [3.63, 3.8) is 0 Å². The fourth-order valence-corrected chi connectivity index (χ4v) is 4.66. The predicted molar refractivity (Wildman–Crippen MR) is 93.3 cm³/mol. The zero-order valence-corrected chi connectivity index (χ0v) is 14.3. The number of hydrazine groups is 1. The maximum atomic E-state index is 5.71. The molecule has 0 fully saturated rings. The largest absolute Gasteiger partial charge is 0.271 e. The first-order valence-electron chi connectivity index (χ1n) is 6.47. The van der Waals surface area contributed by atoms with Gasteiger partial charge in [0.2, 0.25) is 0 Å². The molecule has 0 saturated carbocycles. The lowest BCUT2D eigenvalue weighted by atomic mass is 10.1. The summed E-state index contributed by atoms with van der Waals surface area (Å²) in [7, 11) is 0. The molecule has 1 atom stereocenters. The van der Waals surface area contributed by atoms with E-state index in [-0.39, 0.29) is 6.04 Å². The fourth-order valence-electron chi connectivity index (χ4n) is 2.10. The van der Waals surface area contributed by atoms with Gasteiger partial charge < -0.3 is 0 Å². The van der Waals surface area contributed by atoms with E-state index < -0.39 is 0 Å². The van der Waals surface area contributed by atoms with Crippen molar-refractivity contribution in [2.75, 3.05) is 0 Å². The number of halogens is 1. The van der Waals surface area contributed by atoms with Crippen molar-refractivity contribution in [3.05, 3.63) is 61.5 Å². The number of nitrogens with one attached hydrogen (secondary N) is 1. The van der Waals surface area contributed by atoms with Crippen LogP contribution >= 0.6 is 38.6 Å². The van der Waals surface area contributed by atoms with Crippen LogP contribution in [0.25, 0.3) is 11.3 Å². The van der Waals surface area contributed by atoms with Crippen LogP contribution in [0.4, 0.5) is 0 Å². The van der Waals surface area contributed by atoms with Gasteiger partial charge in [-0.15, -0.1) is 22.7 Å². The molecule has 1 aromatic carbocycles. The summed E-state index contributed by atoms with van der Waals surface area (Å²) < 4.78 is 1.09. The fraction of sp³-hybridized carbons (Fsp3) is 0.133. The number of thiazole rings is 1. The average Bonchev–Trinajstić information content (AvgIpc) is 3.15. The monoisotopic (exact) mass is 379 g/mol. The van der Waals surface area contributed by atoms with Crippen molar-refractivity contribution in [3.8, 4) is 11.3 Å². The van der Waals surface area contributed by atoms with Crippen molar-refractivity contribution in [2.24, 2.45) is 5.84 Å². The molecule has 3 aromatic rings. The normalized spacial score (nSPS) is 12.5. The highest BCUT2D eigenvalue weighted by molar-refractivity contribution is 9.10. The van der Waals surface area contributed by atoms with Crippen LogP contribution in [0.1, 0.15) is 15.9 Å². The van der Waals surface area contributed by atoms with Gasteiger partial charge in [-0.05, 0) is 27.4 Å².